The van der Waals surface area contributed by atoms with Gasteiger partial charge in [-0.2, -0.15) is 0 Å². The summed E-state index contributed by atoms with van der Waals surface area (Å²) in [6, 6.07) is 0. The molecule has 0 aromatic carbocycles. The summed E-state index contributed by atoms with van der Waals surface area (Å²) < 4.78 is 6.49. The SMILES string of the molecule is CC(C)(C)[Si](C)(C)OCC1CC1C1CC1C1CC1C1CC1C1CC1CO. The molecule has 0 radical (unpaired) electrons. The van der Waals surface area contributed by atoms with Crippen molar-refractivity contribution in [3.05, 3.63) is 0 Å². The third-order valence-electron chi connectivity index (χ3n) is 9.53. The standard InChI is InChI=1S/C23H40O2Si/c1-23(2,3)26(4,5)25-12-14-7-16(14)18-9-20(18)22-10-21(22)19-8-17(19)15-6-13(15)11-24/h13-22,24H,6-12H2,1-5H3. The monoisotopic (exact) mass is 376 g/mol. The summed E-state index contributed by atoms with van der Waals surface area (Å²) in [6.45, 7) is 13.3. The summed E-state index contributed by atoms with van der Waals surface area (Å²) in [4.78, 5) is 0. The number of aliphatic hydroxyl groups is 1. The normalized spacial score (nSPS) is 51.9. The zero-order chi connectivity index (χ0) is 18.4. The molecule has 3 heteroatoms. The largest absolute Gasteiger partial charge is 0.417 e. The van der Waals surface area contributed by atoms with Gasteiger partial charge in [-0.05, 0) is 109 Å². The van der Waals surface area contributed by atoms with E-state index < -0.39 is 8.32 Å². The van der Waals surface area contributed by atoms with E-state index in [9.17, 15) is 5.11 Å². The Labute approximate surface area is 161 Å². The van der Waals surface area contributed by atoms with Crippen molar-refractivity contribution in [3.63, 3.8) is 0 Å². The van der Waals surface area contributed by atoms with E-state index in [-0.39, 0.29) is 0 Å². The molecule has 148 valence electrons. The smallest absolute Gasteiger partial charge is 0.191 e. The van der Waals surface area contributed by atoms with Crippen LogP contribution in [-0.4, -0.2) is 26.6 Å². The molecule has 0 spiro atoms. The van der Waals surface area contributed by atoms with Crippen LogP contribution in [0.5, 0.6) is 0 Å². The second kappa shape index (κ2) is 5.83. The first-order chi connectivity index (χ1) is 12.2. The molecule has 0 bridgehead atoms. The van der Waals surface area contributed by atoms with Gasteiger partial charge in [0, 0.05) is 13.2 Å². The van der Waals surface area contributed by atoms with E-state index in [0.29, 0.717) is 17.6 Å². The summed E-state index contributed by atoms with van der Waals surface area (Å²) in [7, 11) is -1.56. The molecule has 5 rings (SSSR count). The molecule has 2 nitrogen and oxygen atoms in total. The maximum Gasteiger partial charge on any atom is 0.191 e. The maximum atomic E-state index is 9.30. The molecule has 10 unspecified atom stereocenters. The van der Waals surface area contributed by atoms with Crippen molar-refractivity contribution < 1.29 is 9.53 Å². The van der Waals surface area contributed by atoms with E-state index in [4.69, 9.17) is 4.43 Å². The van der Waals surface area contributed by atoms with E-state index in [0.717, 1.165) is 59.9 Å². The molecular weight excluding hydrogens is 336 g/mol. The third kappa shape index (κ3) is 3.24. The summed E-state index contributed by atoms with van der Waals surface area (Å²) in [5, 5.41) is 9.65. The van der Waals surface area contributed by atoms with Crippen molar-refractivity contribution in [3.8, 4) is 0 Å². The van der Waals surface area contributed by atoms with Gasteiger partial charge < -0.3 is 9.53 Å². The molecule has 1 N–H and O–H groups in total. The highest BCUT2D eigenvalue weighted by atomic mass is 28.4. The van der Waals surface area contributed by atoms with Crippen molar-refractivity contribution in [1.82, 2.24) is 0 Å². The zero-order valence-electron chi connectivity index (χ0n) is 17.6. The lowest BCUT2D eigenvalue weighted by Crippen LogP contribution is -2.41. The number of aliphatic hydroxyl groups excluding tert-OH is 1. The Hall–Kier alpha value is 0.137. The summed E-state index contributed by atoms with van der Waals surface area (Å²) in [5.74, 6) is 9.96. The van der Waals surface area contributed by atoms with Crippen LogP contribution >= 0.6 is 0 Å². The second-order valence-electron chi connectivity index (χ2n) is 12.3. The van der Waals surface area contributed by atoms with Gasteiger partial charge in [-0.3, -0.25) is 0 Å². The minimum Gasteiger partial charge on any atom is -0.417 e. The highest BCUT2D eigenvalue weighted by Crippen LogP contribution is 2.72. The van der Waals surface area contributed by atoms with Gasteiger partial charge in [0.25, 0.3) is 0 Å². The molecule has 0 aromatic rings. The van der Waals surface area contributed by atoms with Crippen molar-refractivity contribution >= 4 is 8.32 Å². The Bertz CT molecular complexity index is 567. The molecule has 0 heterocycles. The van der Waals surface area contributed by atoms with Crippen molar-refractivity contribution in [2.75, 3.05) is 13.2 Å². The number of hydrogen-bond acceptors (Lipinski definition) is 2. The first kappa shape index (κ1) is 18.2. The van der Waals surface area contributed by atoms with Crippen LogP contribution in [0.1, 0.15) is 52.9 Å². The lowest BCUT2D eigenvalue weighted by molar-refractivity contribution is 0.261. The molecule has 5 saturated carbocycles. The molecular formula is C23H40O2Si. The van der Waals surface area contributed by atoms with Gasteiger partial charge in [-0.25, -0.2) is 0 Å². The van der Waals surface area contributed by atoms with Gasteiger partial charge in [0.2, 0.25) is 0 Å². The van der Waals surface area contributed by atoms with Gasteiger partial charge in [-0.1, -0.05) is 20.8 Å². The summed E-state index contributed by atoms with van der Waals surface area (Å²) in [6.07, 6.45) is 7.39. The predicted molar refractivity (Wildman–Crippen MR) is 108 cm³/mol. The Morgan fingerprint density at radius 2 is 1.15 bits per heavy atom. The Kier molecular flexibility index (Phi) is 4.07. The lowest BCUT2D eigenvalue weighted by atomic mass is 10.1. The molecule has 0 amide bonds. The van der Waals surface area contributed by atoms with Gasteiger partial charge >= 0.3 is 0 Å². The van der Waals surface area contributed by atoms with E-state index in [1.807, 2.05) is 0 Å². The Morgan fingerprint density at radius 1 is 0.731 bits per heavy atom. The van der Waals surface area contributed by atoms with Crippen LogP contribution in [0.15, 0.2) is 0 Å². The topological polar surface area (TPSA) is 29.5 Å². The highest BCUT2D eigenvalue weighted by Gasteiger charge is 2.66. The van der Waals surface area contributed by atoms with Crippen LogP contribution in [0, 0.1) is 59.2 Å². The quantitative estimate of drug-likeness (QED) is 0.591. The maximum absolute atomic E-state index is 9.30. The van der Waals surface area contributed by atoms with Crippen LogP contribution in [-0.2, 0) is 4.43 Å². The van der Waals surface area contributed by atoms with Gasteiger partial charge in [0.05, 0.1) is 0 Å². The van der Waals surface area contributed by atoms with E-state index in [1.165, 1.54) is 19.3 Å². The first-order valence-electron chi connectivity index (χ1n) is 11.5. The van der Waals surface area contributed by atoms with Crippen LogP contribution in [0.25, 0.3) is 0 Å². The minimum atomic E-state index is -1.56. The average molecular weight is 377 g/mol. The predicted octanol–water partition coefficient (Wildman–Crippen LogP) is 5.18. The van der Waals surface area contributed by atoms with Crippen LogP contribution < -0.4 is 0 Å². The number of rotatable bonds is 8. The molecule has 5 aliphatic carbocycles. The molecule has 5 aliphatic rings. The van der Waals surface area contributed by atoms with Gasteiger partial charge in [0.1, 0.15) is 0 Å². The highest BCUT2D eigenvalue weighted by molar-refractivity contribution is 6.74. The Morgan fingerprint density at radius 3 is 1.58 bits per heavy atom. The molecule has 0 aliphatic heterocycles. The van der Waals surface area contributed by atoms with Crippen LogP contribution in [0.4, 0.5) is 0 Å². The van der Waals surface area contributed by atoms with Crippen LogP contribution in [0.2, 0.25) is 18.1 Å². The first-order valence-corrected chi connectivity index (χ1v) is 14.4. The minimum absolute atomic E-state index is 0.345. The molecule has 0 aromatic heterocycles. The molecule has 0 saturated heterocycles. The molecule has 10 atom stereocenters. The third-order valence-corrected chi connectivity index (χ3v) is 14.0. The summed E-state index contributed by atoms with van der Waals surface area (Å²) >= 11 is 0. The number of hydrogen-bond donors (Lipinski definition) is 1. The molecule has 26 heavy (non-hydrogen) atoms. The van der Waals surface area contributed by atoms with Gasteiger partial charge in [0.15, 0.2) is 8.32 Å². The molecule has 5 fully saturated rings. The van der Waals surface area contributed by atoms with Gasteiger partial charge in [-0.15, -0.1) is 0 Å². The van der Waals surface area contributed by atoms with E-state index in [1.54, 1.807) is 12.8 Å². The fourth-order valence-corrected chi connectivity index (χ4v) is 7.25. The van der Waals surface area contributed by atoms with Crippen molar-refractivity contribution in [1.29, 1.82) is 0 Å². The average Bonchev–Trinajstić information content (AvgIpc) is 3.33. The fourth-order valence-electron chi connectivity index (χ4n) is 6.19. The second-order valence-corrected chi connectivity index (χ2v) is 17.1. The lowest BCUT2D eigenvalue weighted by Gasteiger charge is -2.36. The Balaban J connectivity index is 1.03. The van der Waals surface area contributed by atoms with Crippen molar-refractivity contribution in [2.45, 2.75) is 71.0 Å². The van der Waals surface area contributed by atoms with Crippen molar-refractivity contribution in [2.24, 2.45) is 59.2 Å². The summed E-state index contributed by atoms with van der Waals surface area (Å²) in [5.41, 5.74) is 0. The van der Waals surface area contributed by atoms with E-state index >= 15 is 0 Å². The zero-order valence-corrected chi connectivity index (χ0v) is 18.6. The fraction of sp³-hybridized carbons (Fsp3) is 1.00. The van der Waals surface area contributed by atoms with E-state index in [2.05, 4.69) is 33.9 Å². The van der Waals surface area contributed by atoms with Crippen LogP contribution in [0.3, 0.4) is 0 Å².